The average Bonchev–Trinajstić information content (AvgIpc) is 2.73. The van der Waals surface area contributed by atoms with Gasteiger partial charge in [0.05, 0.1) is 16.8 Å². The Morgan fingerprint density at radius 3 is 2.33 bits per heavy atom. The summed E-state index contributed by atoms with van der Waals surface area (Å²) in [6, 6.07) is 3.14. The van der Waals surface area contributed by atoms with E-state index in [0.29, 0.717) is 5.59 Å². The number of ether oxygens (including phenoxy) is 1. The van der Waals surface area contributed by atoms with Crippen molar-refractivity contribution in [2.75, 3.05) is 13.2 Å². The second-order valence-electron chi connectivity index (χ2n) is 6.28. The molecule has 2 saturated heterocycles. The molecule has 5 heteroatoms. The summed E-state index contributed by atoms with van der Waals surface area (Å²) in [6.07, 6.45) is -3.04. The van der Waals surface area contributed by atoms with Crippen LogP contribution in [0.1, 0.15) is 58.8 Å². The van der Waals surface area contributed by atoms with Crippen molar-refractivity contribution in [2.45, 2.75) is 57.5 Å². The van der Waals surface area contributed by atoms with E-state index in [1.807, 2.05) is 27.7 Å². The third kappa shape index (κ3) is 2.87. The highest BCUT2D eigenvalue weighted by Crippen LogP contribution is 2.36. The third-order valence-corrected chi connectivity index (χ3v) is 4.27. The molecule has 0 spiro atoms. The molecule has 2 aliphatic rings. The van der Waals surface area contributed by atoms with E-state index in [1.54, 1.807) is 6.07 Å². The summed E-state index contributed by atoms with van der Waals surface area (Å²) < 4.78 is 58.1. The average molecular weight is 294 g/mol. The van der Waals surface area contributed by atoms with Crippen LogP contribution < -0.4 is 5.59 Å². The molecule has 0 aliphatic carbocycles. The molecule has 0 atom stereocenters. The minimum Gasteiger partial charge on any atom is -0.398 e. The number of aromatic nitrogens is 1. The highest BCUT2D eigenvalue weighted by atomic mass is 16.7. The molecule has 2 aliphatic heterocycles. The van der Waals surface area contributed by atoms with Gasteiger partial charge in [-0.15, -0.1) is 0 Å². The van der Waals surface area contributed by atoms with Crippen LogP contribution in [0.25, 0.3) is 0 Å². The molecular weight excluding hydrogens is 265 g/mol. The van der Waals surface area contributed by atoms with Crippen molar-refractivity contribution in [3.05, 3.63) is 23.9 Å². The molecule has 0 saturated carbocycles. The zero-order valence-corrected chi connectivity index (χ0v) is 12.9. The van der Waals surface area contributed by atoms with Gasteiger partial charge in [0.15, 0.2) is 0 Å². The summed E-state index contributed by atoms with van der Waals surface area (Å²) >= 11 is 0. The van der Waals surface area contributed by atoms with Crippen LogP contribution in [0, 0.1) is 0 Å². The second kappa shape index (κ2) is 5.38. The zero-order valence-electron chi connectivity index (χ0n) is 17.9. The van der Waals surface area contributed by atoms with Gasteiger partial charge in [0, 0.05) is 26.3 Å². The maximum absolute atomic E-state index is 8.64. The first-order chi connectivity index (χ1) is 11.7. The fourth-order valence-electron chi connectivity index (χ4n) is 2.22. The van der Waals surface area contributed by atoms with Crippen molar-refractivity contribution in [2.24, 2.45) is 0 Å². The number of hydrogen-bond donors (Lipinski definition) is 0. The van der Waals surface area contributed by atoms with Gasteiger partial charge >= 0.3 is 7.12 Å². The molecule has 3 heterocycles. The Hall–Kier alpha value is -0.905. The molecule has 0 bridgehead atoms. The smallest absolute Gasteiger partial charge is 0.398 e. The maximum Gasteiger partial charge on any atom is 0.514 e. The van der Waals surface area contributed by atoms with Crippen LogP contribution in [-0.4, -0.2) is 36.5 Å². The lowest BCUT2D eigenvalue weighted by atomic mass is 9.83. The largest absolute Gasteiger partial charge is 0.514 e. The van der Waals surface area contributed by atoms with Gasteiger partial charge in [0.25, 0.3) is 0 Å². The summed E-state index contributed by atoms with van der Waals surface area (Å²) in [6.45, 7) is 7.07. The molecular formula is C16H24BNO3. The Morgan fingerprint density at radius 1 is 1.19 bits per heavy atom. The van der Waals surface area contributed by atoms with Crippen LogP contribution in [0.3, 0.4) is 0 Å². The van der Waals surface area contributed by atoms with Crippen molar-refractivity contribution in [1.29, 1.82) is 0 Å². The third-order valence-electron chi connectivity index (χ3n) is 4.27. The van der Waals surface area contributed by atoms with E-state index in [9.17, 15) is 0 Å². The van der Waals surface area contributed by atoms with E-state index in [4.69, 9.17) is 20.9 Å². The number of pyridine rings is 1. The monoisotopic (exact) mass is 294 g/mol. The molecule has 4 nitrogen and oxygen atoms in total. The van der Waals surface area contributed by atoms with E-state index in [0.717, 1.165) is 0 Å². The van der Waals surface area contributed by atoms with Crippen LogP contribution in [-0.2, 0) is 14.0 Å². The molecule has 0 amide bonds. The van der Waals surface area contributed by atoms with Crippen LogP contribution >= 0.6 is 0 Å². The zero-order chi connectivity index (χ0) is 19.6. The molecule has 114 valence electrons. The number of hydrogen-bond acceptors (Lipinski definition) is 4. The highest BCUT2D eigenvalue weighted by Gasteiger charge is 2.52. The Bertz CT molecular complexity index is 664. The SMILES string of the molecule is [2H]C1([2H])COCC([2H])([2H])C1([2H])c1ccc(B2OC(C)(C)C(C)(C)O2)nc1. The summed E-state index contributed by atoms with van der Waals surface area (Å²) in [7, 11) is -0.668. The van der Waals surface area contributed by atoms with Crippen molar-refractivity contribution in [3.8, 4) is 0 Å². The molecule has 0 N–H and O–H groups in total. The standard InChI is InChI=1S/C16H24BNO3/c1-15(2)16(3,4)21-17(20-15)14-6-5-13(11-18-14)12-7-9-19-10-8-12/h5-6,11-12H,7-10H2,1-4H3/i7D2,8D2,12D. The maximum atomic E-state index is 8.64. The quantitative estimate of drug-likeness (QED) is 0.785. The lowest BCUT2D eigenvalue weighted by Crippen LogP contribution is -2.41. The van der Waals surface area contributed by atoms with E-state index in [-0.39, 0.29) is 18.8 Å². The molecule has 1 aromatic heterocycles. The number of nitrogens with zero attached hydrogens (tertiary/aromatic N) is 1. The van der Waals surface area contributed by atoms with Crippen LogP contribution in [0.5, 0.6) is 0 Å². The van der Waals surface area contributed by atoms with Crippen molar-refractivity contribution >= 4 is 12.7 Å². The van der Waals surface area contributed by atoms with Crippen LogP contribution in [0.4, 0.5) is 0 Å². The molecule has 2 fully saturated rings. The van der Waals surface area contributed by atoms with Gasteiger partial charge in [0.1, 0.15) is 0 Å². The predicted octanol–water partition coefficient (Wildman–Crippen LogP) is 2.27. The van der Waals surface area contributed by atoms with Crippen LogP contribution in [0.2, 0.25) is 0 Å². The van der Waals surface area contributed by atoms with Crippen molar-refractivity contribution in [1.82, 2.24) is 4.98 Å². The highest BCUT2D eigenvalue weighted by molar-refractivity contribution is 6.61. The van der Waals surface area contributed by atoms with Gasteiger partial charge in [-0.3, -0.25) is 4.98 Å². The Balaban J connectivity index is 1.93. The summed E-state index contributed by atoms with van der Waals surface area (Å²) in [5.41, 5.74) is -0.352. The fourth-order valence-corrected chi connectivity index (χ4v) is 2.22. The van der Waals surface area contributed by atoms with Crippen LogP contribution in [0.15, 0.2) is 18.3 Å². The molecule has 1 aromatic rings. The lowest BCUT2D eigenvalue weighted by Gasteiger charge is -2.32. The normalized spacial score (nSPS) is 35.0. The van der Waals surface area contributed by atoms with Gasteiger partial charge in [-0.2, -0.15) is 0 Å². The Kier molecular flexibility index (Phi) is 2.56. The minimum atomic E-state index is -2.19. The van der Waals surface area contributed by atoms with E-state index in [2.05, 4.69) is 4.98 Å². The first kappa shape index (κ1) is 9.98. The van der Waals surface area contributed by atoms with E-state index < -0.39 is 37.0 Å². The molecule has 21 heavy (non-hydrogen) atoms. The molecule has 0 radical (unpaired) electrons. The Morgan fingerprint density at radius 2 is 1.81 bits per heavy atom. The minimum absolute atomic E-state index is 0.163. The molecule has 0 unspecified atom stereocenters. The van der Waals surface area contributed by atoms with Gasteiger partial charge in [-0.25, -0.2) is 0 Å². The first-order valence-electron chi connectivity index (χ1n) is 9.63. The van der Waals surface area contributed by atoms with Gasteiger partial charge < -0.3 is 14.0 Å². The summed E-state index contributed by atoms with van der Waals surface area (Å²) in [4.78, 5) is 4.30. The van der Waals surface area contributed by atoms with Crippen molar-refractivity contribution < 1.29 is 20.9 Å². The van der Waals surface area contributed by atoms with Gasteiger partial charge in [0.2, 0.25) is 0 Å². The van der Waals surface area contributed by atoms with E-state index in [1.165, 1.54) is 12.3 Å². The summed E-state index contributed by atoms with van der Waals surface area (Å²) in [5, 5.41) is 0. The second-order valence-corrected chi connectivity index (χ2v) is 6.28. The fraction of sp³-hybridized carbons (Fsp3) is 0.688. The first-order valence-corrected chi connectivity index (χ1v) is 7.13. The Labute approximate surface area is 134 Å². The van der Waals surface area contributed by atoms with E-state index >= 15 is 0 Å². The predicted molar refractivity (Wildman–Crippen MR) is 82.7 cm³/mol. The van der Waals surface area contributed by atoms with Crippen molar-refractivity contribution in [3.63, 3.8) is 0 Å². The summed E-state index contributed by atoms with van der Waals surface area (Å²) in [5.74, 6) is -2.13. The molecule has 0 aromatic carbocycles. The topological polar surface area (TPSA) is 40.6 Å². The molecule has 3 rings (SSSR count). The number of rotatable bonds is 2. The van der Waals surface area contributed by atoms with Gasteiger partial charge in [-0.1, -0.05) is 6.07 Å². The lowest BCUT2D eigenvalue weighted by molar-refractivity contribution is 0.00578. The van der Waals surface area contributed by atoms with Gasteiger partial charge in [-0.05, 0) is 58.0 Å².